The Balaban J connectivity index is 2.55. The van der Waals surface area contributed by atoms with Gasteiger partial charge >= 0.3 is 0 Å². The van der Waals surface area contributed by atoms with Gasteiger partial charge in [-0.2, -0.15) is 0 Å². The molecule has 0 bridgehead atoms. The van der Waals surface area contributed by atoms with Crippen molar-refractivity contribution in [2.75, 3.05) is 0 Å². The Morgan fingerprint density at radius 1 is 1.25 bits per heavy atom. The van der Waals surface area contributed by atoms with Crippen molar-refractivity contribution >= 4 is 6.08 Å². The fraction of sp³-hybridized carbons (Fsp3) is 0.467. The quantitative estimate of drug-likeness (QED) is 0.720. The van der Waals surface area contributed by atoms with Gasteiger partial charge in [0.05, 0.1) is 5.54 Å². The average molecular weight is 215 g/mol. The van der Waals surface area contributed by atoms with Crippen molar-refractivity contribution in [2.24, 2.45) is 0 Å². The SMILES string of the molecule is CCC1(C)c2ccccc2C=CN1C(C)C. The van der Waals surface area contributed by atoms with Gasteiger partial charge in [-0.15, -0.1) is 0 Å². The van der Waals surface area contributed by atoms with E-state index in [9.17, 15) is 0 Å². The summed E-state index contributed by atoms with van der Waals surface area (Å²) >= 11 is 0. The molecule has 1 heterocycles. The number of nitrogens with zero attached hydrogens (tertiary/aromatic N) is 1. The summed E-state index contributed by atoms with van der Waals surface area (Å²) in [6.07, 6.45) is 5.61. The first-order chi connectivity index (χ1) is 7.59. The molecule has 86 valence electrons. The van der Waals surface area contributed by atoms with E-state index in [1.807, 2.05) is 0 Å². The third-order valence-corrected chi connectivity index (χ3v) is 3.77. The molecule has 0 radical (unpaired) electrons. The largest absolute Gasteiger partial charge is 0.366 e. The first-order valence-corrected chi connectivity index (χ1v) is 6.15. The van der Waals surface area contributed by atoms with Crippen molar-refractivity contribution in [3.8, 4) is 0 Å². The fourth-order valence-corrected chi connectivity index (χ4v) is 2.71. The highest BCUT2D eigenvalue weighted by Crippen LogP contribution is 2.39. The molecule has 0 N–H and O–H groups in total. The van der Waals surface area contributed by atoms with Crippen LogP contribution in [0.25, 0.3) is 6.08 Å². The molecular weight excluding hydrogens is 194 g/mol. The second-order valence-electron chi connectivity index (χ2n) is 5.03. The van der Waals surface area contributed by atoms with Gasteiger partial charge in [0.1, 0.15) is 0 Å². The third-order valence-electron chi connectivity index (χ3n) is 3.77. The van der Waals surface area contributed by atoms with E-state index in [1.54, 1.807) is 0 Å². The lowest BCUT2D eigenvalue weighted by Crippen LogP contribution is -2.45. The van der Waals surface area contributed by atoms with Gasteiger partial charge in [-0.05, 0) is 44.4 Å². The molecule has 1 unspecified atom stereocenters. The molecule has 1 heteroatoms. The summed E-state index contributed by atoms with van der Waals surface area (Å²) < 4.78 is 0. The highest BCUT2D eigenvalue weighted by molar-refractivity contribution is 5.58. The molecule has 1 aliphatic heterocycles. The molecule has 1 atom stereocenters. The molecule has 0 aromatic heterocycles. The van der Waals surface area contributed by atoms with Crippen LogP contribution >= 0.6 is 0 Å². The van der Waals surface area contributed by atoms with Gasteiger partial charge in [-0.3, -0.25) is 0 Å². The maximum atomic E-state index is 2.47. The van der Waals surface area contributed by atoms with E-state index in [0.29, 0.717) is 6.04 Å². The average Bonchev–Trinajstić information content (AvgIpc) is 2.29. The molecule has 1 aromatic rings. The van der Waals surface area contributed by atoms with Gasteiger partial charge in [0.15, 0.2) is 0 Å². The molecule has 1 aromatic carbocycles. The van der Waals surface area contributed by atoms with E-state index in [-0.39, 0.29) is 5.54 Å². The van der Waals surface area contributed by atoms with E-state index in [0.717, 1.165) is 6.42 Å². The number of benzene rings is 1. The first-order valence-electron chi connectivity index (χ1n) is 6.15. The predicted octanol–water partition coefficient (Wildman–Crippen LogP) is 4.01. The lowest BCUT2D eigenvalue weighted by molar-refractivity contribution is 0.120. The van der Waals surface area contributed by atoms with Crippen LogP contribution in [0.5, 0.6) is 0 Å². The van der Waals surface area contributed by atoms with Crippen molar-refractivity contribution in [1.29, 1.82) is 0 Å². The number of fused-ring (bicyclic) bond motifs is 1. The second kappa shape index (κ2) is 3.97. The molecule has 0 spiro atoms. The summed E-state index contributed by atoms with van der Waals surface area (Å²) in [5.41, 5.74) is 2.96. The Hall–Kier alpha value is -1.24. The van der Waals surface area contributed by atoms with Crippen molar-refractivity contribution in [2.45, 2.75) is 45.7 Å². The van der Waals surface area contributed by atoms with E-state index in [1.165, 1.54) is 11.1 Å². The number of hydrogen-bond acceptors (Lipinski definition) is 1. The number of hydrogen-bond donors (Lipinski definition) is 0. The van der Waals surface area contributed by atoms with Gasteiger partial charge in [0.2, 0.25) is 0 Å². The molecular formula is C15H21N. The highest BCUT2D eigenvalue weighted by Gasteiger charge is 2.35. The van der Waals surface area contributed by atoms with Crippen LogP contribution in [0.1, 0.15) is 45.2 Å². The zero-order valence-electron chi connectivity index (χ0n) is 10.7. The highest BCUT2D eigenvalue weighted by atomic mass is 15.2. The van der Waals surface area contributed by atoms with Gasteiger partial charge in [0.25, 0.3) is 0 Å². The summed E-state index contributed by atoms with van der Waals surface area (Å²) in [7, 11) is 0. The summed E-state index contributed by atoms with van der Waals surface area (Å²) in [5.74, 6) is 0. The Morgan fingerprint density at radius 3 is 2.56 bits per heavy atom. The van der Waals surface area contributed by atoms with Gasteiger partial charge in [0, 0.05) is 12.2 Å². The van der Waals surface area contributed by atoms with Crippen LogP contribution in [0, 0.1) is 0 Å². The predicted molar refractivity (Wildman–Crippen MR) is 70.1 cm³/mol. The van der Waals surface area contributed by atoms with Gasteiger partial charge < -0.3 is 4.90 Å². The Morgan fingerprint density at radius 2 is 1.94 bits per heavy atom. The summed E-state index contributed by atoms with van der Waals surface area (Å²) in [6.45, 7) is 9.12. The summed E-state index contributed by atoms with van der Waals surface area (Å²) in [4.78, 5) is 2.47. The molecule has 0 saturated heterocycles. The maximum absolute atomic E-state index is 2.47. The van der Waals surface area contributed by atoms with Crippen LogP contribution in [0.2, 0.25) is 0 Å². The minimum absolute atomic E-state index is 0.138. The topological polar surface area (TPSA) is 3.24 Å². The fourth-order valence-electron chi connectivity index (χ4n) is 2.71. The van der Waals surface area contributed by atoms with Gasteiger partial charge in [-0.1, -0.05) is 31.2 Å². The minimum atomic E-state index is 0.138. The van der Waals surface area contributed by atoms with E-state index < -0.39 is 0 Å². The molecule has 0 amide bonds. The van der Waals surface area contributed by atoms with Crippen molar-refractivity contribution in [3.63, 3.8) is 0 Å². The van der Waals surface area contributed by atoms with E-state index >= 15 is 0 Å². The van der Waals surface area contributed by atoms with E-state index in [2.05, 4.69) is 69.1 Å². The van der Waals surface area contributed by atoms with E-state index in [4.69, 9.17) is 0 Å². The lowest BCUT2D eigenvalue weighted by Gasteiger charge is -2.46. The Labute approximate surface area is 98.8 Å². The Kier molecular flexibility index (Phi) is 2.79. The standard InChI is InChI=1S/C15H21N/c1-5-15(4)14-9-7-6-8-13(14)10-11-16(15)12(2)3/h6-12H,5H2,1-4H3. The zero-order chi connectivity index (χ0) is 11.8. The normalized spacial score (nSPS) is 23.7. The van der Waals surface area contributed by atoms with Crippen molar-refractivity contribution < 1.29 is 0 Å². The second-order valence-corrected chi connectivity index (χ2v) is 5.03. The lowest BCUT2D eigenvalue weighted by atomic mass is 9.81. The van der Waals surface area contributed by atoms with Crippen LogP contribution in [0.3, 0.4) is 0 Å². The monoisotopic (exact) mass is 215 g/mol. The zero-order valence-corrected chi connectivity index (χ0v) is 10.7. The molecule has 1 aliphatic rings. The molecule has 2 rings (SSSR count). The van der Waals surface area contributed by atoms with Crippen LogP contribution in [0.15, 0.2) is 30.5 Å². The molecule has 0 saturated carbocycles. The first kappa shape index (κ1) is 11.3. The maximum Gasteiger partial charge on any atom is 0.0626 e. The third kappa shape index (κ3) is 1.55. The molecule has 0 aliphatic carbocycles. The van der Waals surface area contributed by atoms with Crippen LogP contribution in [-0.2, 0) is 5.54 Å². The minimum Gasteiger partial charge on any atom is -0.366 e. The molecule has 0 fully saturated rings. The summed E-state index contributed by atoms with van der Waals surface area (Å²) in [5, 5.41) is 0. The van der Waals surface area contributed by atoms with Gasteiger partial charge in [-0.25, -0.2) is 0 Å². The molecule has 16 heavy (non-hydrogen) atoms. The van der Waals surface area contributed by atoms with Crippen LogP contribution < -0.4 is 0 Å². The molecule has 1 nitrogen and oxygen atoms in total. The van der Waals surface area contributed by atoms with Crippen molar-refractivity contribution in [1.82, 2.24) is 4.90 Å². The summed E-state index contributed by atoms with van der Waals surface area (Å²) in [6, 6.07) is 9.26. The Bertz CT molecular complexity index is 406. The number of rotatable bonds is 2. The van der Waals surface area contributed by atoms with Crippen LogP contribution in [0.4, 0.5) is 0 Å². The smallest absolute Gasteiger partial charge is 0.0626 e. The van der Waals surface area contributed by atoms with Crippen molar-refractivity contribution in [3.05, 3.63) is 41.6 Å². The van der Waals surface area contributed by atoms with Crippen LogP contribution in [-0.4, -0.2) is 10.9 Å².